The minimum atomic E-state index is -1.16. The zero-order valence-electron chi connectivity index (χ0n) is 6.64. The van der Waals surface area contributed by atoms with Crippen molar-refractivity contribution in [2.24, 2.45) is 0 Å². The molecule has 1 saturated heterocycles. The van der Waals surface area contributed by atoms with Gasteiger partial charge >= 0.3 is 0 Å². The molecule has 0 amide bonds. The average molecular weight is 233 g/mol. The number of hydrogen-bond donors (Lipinski definition) is 1. The predicted molar refractivity (Wildman–Crippen MR) is 52.0 cm³/mol. The van der Waals surface area contributed by atoms with Crippen molar-refractivity contribution in [3.05, 3.63) is 0 Å². The summed E-state index contributed by atoms with van der Waals surface area (Å²) in [6.07, 6.45) is 1.16. The fraction of sp³-hybridized carbons (Fsp3) is 1.00. The van der Waals surface area contributed by atoms with Crippen LogP contribution in [0.1, 0.15) is 12.8 Å². The van der Waals surface area contributed by atoms with Gasteiger partial charge in [0.15, 0.2) is 3.79 Å². The van der Waals surface area contributed by atoms with Gasteiger partial charge in [-0.3, -0.25) is 0 Å². The van der Waals surface area contributed by atoms with Gasteiger partial charge in [-0.1, -0.05) is 34.8 Å². The molecule has 1 rings (SSSR count). The predicted octanol–water partition coefficient (Wildman–Crippen LogP) is 1.81. The summed E-state index contributed by atoms with van der Waals surface area (Å²) < 4.78 is -1.16. The molecule has 0 bridgehead atoms. The minimum absolute atomic E-state index is 0.194. The highest BCUT2D eigenvalue weighted by Gasteiger charge is 2.24. The van der Waals surface area contributed by atoms with E-state index < -0.39 is 3.79 Å². The van der Waals surface area contributed by atoms with E-state index in [2.05, 4.69) is 4.90 Å². The van der Waals surface area contributed by atoms with Crippen molar-refractivity contribution >= 4 is 34.8 Å². The summed E-state index contributed by atoms with van der Waals surface area (Å²) in [6.45, 7) is 2.36. The van der Waals surface area contributed by atoms with E-state index in [-0.39, 0.29) is 6.10 Å². The first-order chi connectivity index (χ1) is 5.47. The van der Waals surface area contributed by atoms with E-state index in [0.29, 0.717) is 13.0 Å². The van der Waals surface area contributed by atoms with Gasteiger partial charge in [-0.05, 0) is 6.42 Å². The molecule has 1 aliphatic heterocycles. The Morgan fingerprint density at radius 2 is 2.08 bits per heavy atom. The van der Waals surface area contributed by atoms with Gasteiger partial charge in [0, 0.05) is 26.1 Å². The summed E-state index contributed by atoms with van der Waals surface area (Å²) in [5, 5.41) is 9.19. The molecule has 1 aliphatic rings. The molecule has 0 aromatic rings. The molecule has 1 fully saturated rings. The van der Waals surface area contributed by atoms with Crippen molar-refractivity contribution in [2.45, 2.75) is 22.7 Å². The molecule has 0 aliphatic carbocycles. The minimum Gasteiger partial charge on any atom is -0.392 e. The summed E-state index contributed by atoms with van der Waals surface area (Å²) >= 11 is 16.8. The van der Waals surface area contributed by atoms with Gasteiger partial charge in [0.05, 0.1) is 6.10 Å². The second kappa shape index (κ2) is 4.34. The molecular formula is C7H12Cl3NO. The van der Waals surface area contributed by atoms with Gasteiger partial charge in [-0.15, -0.1) is 0 Å². The van der Waals surface area contributed by atoms with Crippen molar-refractivity contribution in [3.8, 4) is 0 Å². The number of halogens is 3. The fourth-order valence-corrected chi connectivity index (χ4v) is 1.55. The molecule has 0 spiro atoms. The van der Waals surface area contributed by atoms with Crippen LogP contribution in [-0.2, 0) is 0 Å². The van der Waals surface area contributed by atoms with Gasteiger partial charge in [-0.2, -0.15) is 0 Å². The molecule has 2 nitrogen and oxygen atoms in total. The van der Waals surface area contributed by atoms with Crippen LogP contribution in [0.2, 0.25) is 0 Å². The Balaban J connectivity index is 2.16. The molecular weight excluding hydrogens is 220 g/mol. The van der Waals surface area contributed by atoms with Crippen LogP contribution in [-0.4, -0.2) is 39.5 Å². The first kappa shape index (κ1) is 10.9. The van der Waals surface area contributed by atoms with Crippen LogP contribution in [0.3, 0.4) is 0 Å². The quantitative estimate of drug-likeness (QED) is 0.734. The zero-order valence-corrected chi connectivity index (χ0v) is 8.91. The van der Waals surface area contributed by atoms with Crippen molar-refractivity contribution in [1.29, 1.82) is 0 Å². The van der Waals surface area contributed by atoms with Gasteiger partial charge < -0.3 is 10.0 Å². The lowest BCUT2D eigenvalue weighted by Gasteiger charge is -2.17. The summed E-state index contributed by atoms with van der Waals surface area (Å²) in [4.78, 5) is 2.10. The third-order valence-electron chi connectivity index (χ3n) is 1.96. The summed E-state index contributed by atoms with van der Waals surface area (Å²) in [6, 6.07) is 0. The molecule has 0 unspecified atom stereocenters. The number of likely N-dealkylation sites (tertiary alicyclic amines) is 1. The second-order valence-electron chi connectivity index (χ2n) is 3.11. The maximum atomic E-state index is 9.19. The van der Waals surface area contributed by atoms with Crippen LogP contribution in [0.25, 0.3) is 0 Å². The molecule has 0 aromatic heterocycles. The Morgan fingerprint density at radius 3 is 2.50 bits per heavy atom. The molecule has 1 heterocycles. The lowest BCUT2D eigenvalue weighted by molar-refractivity contribution is 0.176. The number of alkyl halides is 3. The Labute approximate surface area is 87.4 Å². The highest BCUT2D eigenvalue weighted by atomic mass is 35.6. The Morgan fingerprint density at radius 1 is 1.42 bits per heavy atom. The van der Waals surface area contributed by atoms with Crippen molar-refractivity contribution in [3.63, 3.8) is 0 Å². The maximum Gasteiger partial charge on any atom is 0.191 e. The largest absolute Gasteiger partial charge is 0.392 e. The second-order valence-corrected chi connectivity index (χ2v) is 5.62. The molecule has 1 atom stereocenters. The van der Waals surface area contributed by atoms with E-state index in [0.717, 1.165) is 19.5 Å². The molecule has 0 saturated carbocycles. The van der Waals surface area contributed by atoms with E-state index in [1.807, 2.05) is 0 Å². The number of aliphatic hydroxyl groups is 1. The molecule has 5 heteroatoms. The lowest BCUT2D eigenvalue weighted by atomic mass is 10.3. The monoisotopic (exact) mass is 231 g/mol. The Bertz CT molecular complexity index is 148. The van der Waals surface area contributed by atoms with Crippen LogP contribution in [0.4, 0.5) is 0 Å². The third kappa shape index (κ3) is 4.15. The summed E-state index contributed by atoms with van der Waals surface area (Å²) in [5.41, 5.74) is 0. The van der Waals surface area contributed by atoms with Gasteiger partial charge in [-0.25, -0.2) is 0 Å². The summed E-state index contributed by atoms with van der Waals surface area (Å²) in [7, 11) is 0. The number of nitrogens with zero attached hydrogens (tertiary/aromatic N) is 1. The van der Waals surface area contributed by atoms with Crippen LogP contribution >= 0.6 is 34.8 Å². The van der Waals surface area contributed by atoms with Crippen LogP contribution in [0.15, 0.2) is 0 Å². The van der Waals surface area contributed by atoms with E-state index in [9.17, 15) is 5.11 Å². The highest BCUT2D eigenvalue weighted by Crippen LogP contribution is 2.30. The van der Waals surface area contributed by atoms with Gasteiger partial charge in [0.1, 0.15) is 0 Å². The van der Waals surface area contributed by atoms with Crippen LogP contribution in [0, 0.1) is 0 Å². The van der Waals surface area contributed by atoms with Gasteiger partial charge in [0.25, 0.3) is 0 Å². The van der Waals surface area contributed by atoms with Crippen LogP contribution in [0.5, 0.6) is 0 Å². The average Bonchev–Trinajstić information content (AvgIpc) is 2.30. The molecule has 1 N–H and O–H groups in total. The Kier molecular flexibility index (Phi) is 3.93. The first-order valence-electron chi connectivity index (χ1n) is 3.94. The lowest BCUT2D eigenvalue weighted by Crippen LogP contribution is -2.26. The van der Waals surface area contributed by atoms with Crippen LogP contribution < -0.4 is 0 Å². The number of hydrogen-bond acceptors (Lipinski definition) is 2. The smallest absolute Gasteiger partial charge is 0.191 e. The standard InChI is InChI=1S/C7H12Cl3NO/c8-7(9,10)2-4-11-3-1-6(12)5-11/h6,12H,1-5H2/t6-/m1/s1. The van der Waals surface area contributed by atoms with Crippen molar-refractivity contribution in [2.75, 3.05) is 19.6 Å². The topological polar surface area (TPSA) is 23.5 Å². The molecule has 72 valence electrons. The molecule has 0 aromatic carbocycles. The maximum absolute atomic E-state index is 9.19. The first-order valence-corrected chi connectivity index (χ1v) is 5.08. The van der Waals surface area contributed by atoms with E-state index >= 15 is 0 Å². The van der Waals surface area contributed by atoms with E-state index in [1.54, 1.807) is 0 Å². The third-order valence-corrected chi connectivity index (χ3v) is 2.53. The number of rotatable bonds is 2. The Hall–Kier alpha value is 0.790. The SMILES string of the molecule is O[C@@H]1CCN(CCC(Cl)(Cl)Cl)C1. The molecule has 12 heavy (non-hydrogen) atoms. The van der Waals surface area contributed by atoms with E-state index in [1.165, 1.54) is 0 Å². The zero-order chi connectivity index (χ0) is 9.19. The fourth-order valence-electron chi connectivity index (χ4n) is 1.30. The van der Waals surface area contributed by atoms with Crippen molar-refractivity contribution in [1.82, 2.24) is 4.90 Å². The molecule has 0 radical (unpaired) electrons. The summed E-state index contributed by atoms with van der Waals surface area (Å²) in [5.74, 6) is 0. The number of aliphatic hydroxyl groups excluding tert-OH is 1. The normalized spacial score (nSPS) is 26.5. The van der Waals surface area contributed by atoms with Gasteiger partial charge in [0.2, 0.25) is 0 Å². The highest BCUT2D eigenvalue weighted by molar-refractivity contribution is 6.67. The number of β-amino-alcohol motifs (C(OH)–C–C–N with tert-alkyl or cyclic N) is 1. The van der Waals surface area contributed by atoms with E-state index in [4.69, 9.17) is 34.8 Å². The van der Waals surface area contributed by atoms with Crippen molar-refractivity contribution < 1.29 is 5.11 Å².